The third-order valence-corrected chi connectivity index (χ3v) is 6.69. The van der Waals surface area contributed by atoms with Gasteiger partial charge in [0.15, 0.2) is 0 Å². The van der Waals surface area contributed by atoms with Gasteiger partial charge in [0.25, 0.3) is 5.89 Å². The summed E-state index contributed by atoms with van der Waals surface area (Å²) in [5, 5.41) is 4.52. The average Bonchev–Trinajstić information content (AvgIpc) is 3.24. The lowest BCUT2D eigenvalue weighted by Gasteiger charge is -2.26. The second-order valence-corrected chi connectivity index (χ2v) is 8.68. The molecule has 4 rings (SSSR count). The minimum atomic E-state index is -3.55. The van der Waals surface area contributed by atoms with E-state index in [0.29, 0.717) is 54.0 Å². The summed E-state index contributed by atoms with van der Waals surface area (Å²) in [6, 6.07) is 11.5. The molecule has 0 amide bonds. The normalized spacial score (nSPS) is 15.4. The van der Waals surface area contributed by atoms with Crippen molar-refractivity contribution in [3.63, 3.8) is 0 Å². The zero-order chi connectivity index (χ0) is 20.4. The van der Waals surface area contributed by atoms with Crippen LogP contribution in [0.4, 0.5) is 0 Å². The van der Waals surface area contributed by atoms with Gasteiger partial charge in [0.2, 0.25) is 15.8 Å². The first-order chi connectivity index (χ1) is 14.0. The van der Waals surface area contributed by atoms with Crippen molar-refractivity contribution in [3.05, 3.63) is 47.5 Å². The molecular formula is C19H18ClN3O5S. The Bertz CT molecular complexity index is 1110. The van der Waals surface area contributed by atoms with Gasteiger partial charge in [-0.05, 0) is 42.5 Å². The van der Waals surface area contributed by atoms with E-state index in [1.54, 1.807) is 42.5 Å². The third-order valence-electron chi connectivity index (χ3n) is 4.54. The topological polar surface area (TPSA) is 94.8 Å². The number of nitrogens with zero attached hydrogens (tertiary/aromatic N) is 3. The van der Waals surface area contributed by atoms with Crippen molar-refractivity contribution < 1.29 is 22.4 Å². The highest BCUT2D eigenvalue weighted by Crippen LogP contribution is 2.32. The van der Waals surface area contributed by atoms with Crippen LogP contribution in [0.1, 0.15) is 0 Å². The molecule has 0 saturated carbocycles. The highest BCUT2D eigenvalue weighted by molar-refractivity contribution is 7.89. The molecule has 0 bridgehead atoms. The molecule has 8 nitrogen and oxygen atoms in total. The van der Waals surface area contributed by atoms with Gasteiger partial charge in [-0.3, -0.25) is 0 Å². The number of sulfonamides is 1. The Labute approximate surface area is 173 Å². The molecule has 1 fully saturated rings. The number of methoxy groups -OCH3 is 1. The van der Waals surface area contributed by atoms with E-state index in [2.05, 4.69) is 10.1 Å². The number of benzene rings is 2. The van der Waals surface area contributed by atoms with Crippen LogP contribution in [0.5, 0.6) is 5.75 Å². The summed E-state index contributed by atoms with van der Waals surface area (Å²) >= 11 is 5.99. The van der Waals surface area contributed by atoms with Crippen LogP contribution in [0.2, 0.25) is 5.02 Å². The Hall–Kier alpha value is -2.46. The summed E-state index contributed by atoms with van der Waals surface area (Å²) in [6.45, 7) is 1.50. The molecule has 0 atom stereocenters. The molecule has 0 radical (unpaired) electrons. The molecule has 0 aliphatic carbocycles. The van der Waals surface area contributed by atoms with Gasteiger partial charge >= 0.3 is 0 Å². The van der Waals surface area contributed by atoms with Crippen LogP contribution in [0, 0.1) is 0 Å². The monoisotopic (exact) mass is 435 g/mol. The van der Waals surface area contributed by atoms with E-state index < -0.39 is 10.0 Å². The second kappa shape index (κ2) is 8.11. The van der Waals surface area contributed by atoms with E-state index in [9.17, 15) is 8.42 Å². The summed E-state index contributed by atoms with van der Waals surface area (Å²) < 4.78 is 42.7. The number of aromatic nitrogens is 2. The summed E-state index contributed by atoms with van der Waals surface area (Å²) in [5.41, 5.74) is 1.25. The van der Waals surface area contributed by atoms with Crippen LogP contribution >= 0.6 is 11.6 Å². The molecule has 29 heavy (non-hydrogen) atoms. The van der Waals surface area contributed by atoms with Crippen molar-refractivity contribution >= 4 is 21.6 Å². The van der Waals surface area contributed by atoms with E-state index in [1.807, 2.05) is 0 Å². The molecule has 3 aromatic rings. The first kappa shape index (κ1) is 19.8. The van der Waals surface area contributed by atoms with Gasteiger partial charge in [0.05, 0.1) is 30.8 Å². The third kappa shape index (κ3) is 3.99. The highest BCUT2D eigenvalue weighted by atomic mass is 35.5. The molecule has 10 heteroatoms. The Morgan fingerprint density at radius 1 is 1.10 bits per heavy atom. The van der Waals surface area contributed by atoms with Crippen LogP contribution in [-0.2, 0) is 14.8 Å². The number of halogens is 1. The second-order valence-electron chi connectivity index (χ2n) is 6.31. The van der Waals surface area contributed by atoms with Crippen molar-refractivity contribution in [2.75, 3.05) is 33.4 Å². The fourth-order valence-electron chi connectivity index (χ4n) is 3.00. The fraction of sp³-hybridized carbons (Fsp3) is 0.263. The molecule has 1 aliphatic heterocycles. The minimum Gasteiger partial charge on any atom is -0.496 e. The molecule has 2 aromatic carbocycles. The van der Waals surface area contributed by atoms with Crippen molar-refractivity contribution in [2.45, 2.75) is 4.90 Å². The molecule has 0 unspecified atom stereocenters. The number of hydrogen-bond acceptors (Lipinski definition) is 7. The van der Waals surface area contributed by atoms with Gasteiger partial charge in [-0.15, -0.1) is 0 Å². The summed E-state index contributed by atoms with van der Waals surface area (Å²) in [6.07, 6.45) is 0. The van der Waals surface area contributed by atoms with Crippen molar-refractivity contribution in [2.24, 2.45) is 0 Å². The van der Waals surface area contributed by atoms with Crippen LogP contribution < -0.4 is 4.74 Å². The Morgan fingerprint density at radius 3 is 2.52 bits per heavy atom. The average molecular weight is 436 g/mol. The van der Waals surface area contributed by atoms with Crippen molar-refractivity contribution in [1.29, 1.82) is 0 Å². The van der Waals surface area contributed by atoms with Crippen LogP contribution in [-0.4, -0.2) is 56.3 Å². The highest BCUT2D eigenvalue weighted by Gasteiger charge is 2.26. The fourth-order valence-corrected chi connectivity index (χ4v) is 4.57. The molecule has 2 heterocycles. The van der Waals surface area contributed by atoms with Crippen LogP contribution in [0.15, 0.2) is 51.9 Å². The zero-order valence-corrected chi connectivity index (χ0v) is 17.1. The van der Waals surface area contributed by atoms with E-state index in [0.717, 1.165) is 0 Å². The van der Waals surface area contributed by atoms with Crippen molar-refractivity contribution in [3.8, 4) is 28.6 Å². The van der Waals surface area contributed by atoms with Gasteiger partial charge in [0.1, 0.15) is 5.75 Å². The predicted molar refractivity (Wildman–Crippen MR) is 106 cm³/mol. The van der Waals surface area contributed by atoms with E-state index in [1.165, 1.54) is 11.4 Å². The SMILES string of the molecule is COc1cc(Cl)ccc1-c1nc(-c2ccc(S(=O)(=O)N3CCOCC3)cc2)no1. The molecule has 152 valence electrons. The van der Waals surface area contributed by atoms with Gasteiger partial charge < -0.3 is 14.0 Å². The summed E-state index contributed by atoms with van der Waals surface area (Å²) in [5.74, 6) is 1.13. The van der Waals surface area contributed by atoms with Crippen LogP contribution in [0.3, 0.4) is 0 Å². The maximum atomic E-state index is 12.7. The van der Waals surface area contributed by atoms with Gasteiger partial charge in [0, 0.05) is 23.7 Å². The van der Waals surface area contributed by atoms with E-state index in [4.69, 9.17) is 25.6 Å². The number of morpholine rings is 1. The van der Waals surface area contributed by atoms with Gasteiger partial charge in [-0.1, -0.05) is 16.8 Å². The number of hydrogen-bond donors (Lipinski definition) is 0. The molecular weight excluding hydrogens is 418 g/mol. The lowest BCUT2D eigenvalue weighted by molar-refractivity contribution is 0.0730. The maximum absolute atomic E-state index is 12.7. The standard InChI is InChI=1S/C19H18ClN3O5S/c1-26-17-12-14(20)4-7-16(17)19-21-18(22-28-19)13-2-5-15(6-3-13)29(24,25)23-8-10-27-11-9-23/h2-7,12H,8-11H2,1H3. The number of rotatable bonds is 5. The zero-order valence-electron chi connectivity index (χ0n) is 15.5. The lowest BCUT2D eigenvalue weighted by Crippen LogP contribution is -2.40. The molecule has 0 N–H and O–H groups in total. The summed E-state index contributed by atoms with van der Waals surface area (Å²) in [4.78, 5) is 4.61. The summed E-state index contributed by atoms with van der Waals surface area (Å²) in [7, 11) is -2.02. The first-order valence-electron chi connectivity index (χ1n) is 8.85. The van der Waals surface area contributed by atoms with E-state index >= 15 is 0 Å². The van der Waals surface area contributed by atoms with E-state index in [-0.39, 0.29) is 10.8 Å². The quantitative estimate of drug-likeness (QED) is 0.607. The largest absolute Gasteiger partial charge is 0.496 e. The van der Waals surface area contributed by atoms with Gasteiger partial charge in [-0.25, -0.2) is 8.42 Å². The molecule has 0 spiro atoms. The molecule has 1 aromatic heterocycles. The maximum Gasteiger partial charge on any atom is 0.262 e. The van der Waals surface area contributed by atoms with Crippen molar-refractivity contribution in [1.82, 2.24) is 14.4 Å². The number of ether oxygens (including phenoxy) is 2. The Balaban J connectivity index is 1.59. The lowest BCUT2D eigenvalue weighted by atomic mass is 10.2. The Kier molecular flexibility index (Phi) is 5.55. The first-order valence-corrected chi connectivity index (χ1v) is 10.7. The smallest absolute Gasteiger partial charge is 0.262 e. The van der Waals surface area contributed by atoms with Crippen LogP contribution in [0.25, 0.3) is 22.8 Å². The Morgan fingerprint density at radius 2 is 1.83 bits per heavy atom. The minimum absolute atomic E-state index is 0.214. The predicted octanol–water partition coefficient (Wildman–Crippen LogP) is 3.09. The molecule has 1 saturated heterocycles. The molecule has 1 aliphatic rings. The van der Waals surface area contributed by atoms with Gasteiger partial charge in [-0.2, -0.15) is 9.29 Å².